The Kier molecular flexibility index (Phi) is 4.64. The molecular weight excluding hydrogens is 446 g/mol. The second kappa shape index (κ2) is 8.12. The van der Waals surface area contributed by atoms with Gasteiger partial charge in [-0.2, -0.15) is 0 Å². The largest absolute Gasteiger partial charge is 0.263 e. The van der Waals surface area contributed by atoms with E-state index in [2.05, 4.69) is 94.9 Å². The fourth-order valence-electron chi connectivity index (χ4n) is 4.75. The predicted molar refractivity (Wildman–Crippen MR) is 147 cm³/mol. The van der Waals surface area contributed by atoms with Gasteiger partial charge in [0.1, 0.15) is 5.01 Å². The van der Waals surface area contributed by atoms with Crippen molar-refractivity contribution in [3.63, 3.8) is 0 Å². The van der Waals surface area contributed by atoms with E-state index in [9.17, 15) is 0 Å². The molecule has 0 aliphatic heterocycles. The van der Waals surface area contributed by atoms with Crippen molar-refractivity contribution in [3.8, 4) is 32.8 Å². The average Bonchev–Trinajstić information content (AvgIpc) is 3.37. The van der Waals surface area contributed by atoms with Crippen LogP contribution >= 0.6 is 11.3 Å². The van der Waals surface area contributed by atoms with Crippen LogP contribution in [0, 0.1) is 0 Å². The van der Waals surface area contributed by atoms with Gasteiger partial charge in [0.05, 0.1) is 10.2 Å². The van der Waals surface area contributed by atoms with E-state index in [1.54, 1.807) is 11.3 Å². The Hall–Kier alpha value is -4.41. The first kappa shape index (κ1) is 20.0. The number of pyridine rings is 2. The molecule has 4 heteroatoms. The van der Waals surface area contributed by atoms with Crippen LogP contribution in [0.5, 0.6) is 0 Å². The fraction of sp³-hybridized carbons (Fsp3) is 0. The lowest BCUT2D eigenvalue weighted by atomic mass is 9.93. The van der Waals surface area contributed by atoms with Gasteiger partial charge >= 0.3 is 0 Å². The van der Waals surface area contributed by atoms with Crippen molar-refractivity contribution in [1.82, 2.24) is 15.0 Å². The Bertz CT molecular complexity index is 1730. The third-order valence-electron chi connectivity index (χ3n) is 6.43. The number of thiazole rings is 1. The molecule has 4 aromatic carbocycles. The van der Waals surface area contributed by atoms with E-state index in [4.69, 9.17) is 4.98 Å². The van der Waals surface area contributed by atoms with Gasteiger partial charge in [-0.3, -0.25) is 9.97 Å². The molecular formula is C31H19N3S. The molecule has 0 N–H and O–H groups in total. The van der Waals surface area contributed by atoms with Crippen LogP contribution in [0.15, 0.2) is 116 Å². The average molecular weight is 466 g/mol. The topological polar surface area (TPSA) is 38.7 Å². The van der Waals surface area contributed by atoms with Crippen LogP contribution in [0.3, 0.4) is 0 Å². The maximum atomic E-state index is 4.96. The molecule has 35 heavy (non-hydrogen) atoms. The zero-order chi connectivity index (χ0) is 23.2. The lowest BCUT2D eigenvalue weighted by Gasteiger charge is -2.12. The summed E-state index contributed by atoms with van der Waals surface area (Å²) < 4.78 is 1.19. The molecule has 0 bridgehead atoms. The monoisotopic (exact) mass is 465 g/mol. The van der Waals surface area contributed by atoms with E-state index in [1.165, 1.54) is 15.5 Å². The minimum Gasteiger partial charge on any atom is -0.263 e. The van der Waals surface area contributed by atoms with Crippen molar-refractivity contribution < 1.29 is 0 Å². The van der Waals surface area contributed by atoms with Gasteiger partial charge in [-0.25, -0.2) is 4.98 Å². The first-order valence-corrected chi connectivity index (χ1v) is 12.3. The molecule has 0 fully saturated rings. The highest BCUT2D eigenvalue weighted by molar-refractivity contribution is 7.21. The van der Waals surface area contributed by atoms with Crippen LogP contribution in [0.4, 0.5) is 0 Å². The molecule has 0 atom stereocenters. The Morgan fingerprint density at radius 3 is 1.69 bits per heavy atom. The smallest absolute Gasteiger partial charge is 0.124 e. The molecule has 3 heterocycles. The van der Waals surface area contributed by atoms with E-state index < -0.39 is 0 Å². The molecule has 0 radical (unpaired) electrons. The molecule has 0 amide bonds. The molecule has 7 rings (SSSR count). The Labute approximate surface area is 206 Å². The first-order valence-electron chi connectivity index (χ1n) is 11.5. The molecule has 164 valence electrons. The van der Waals surface area contributed by atoms with Gasteiger partial charge in [-0.05, 0) is 52.2 Å². The minimum absolute atomic E-state index is 1.01. The van der Waals surface area contributed by atoms with E-state index >= 15 is 0 Å². The summed E-state index contributed by atoms with van der Waals surface area (Å²) in [7, 11) is 0. The number of para-hydroxylation sites is 1. The highest BCUT2D eigenvalue weighted by atomic mass is 32.1. The van der Waals surface area contributed by atoms with Crippen molar-refractivity contribution in [3.05, 3.63) is 116 Å². The van der Waals surface area contributed by atoms with Gasteiger partial charge in [-0.15, -0.1) is 11.3 Å². The lowest BCUT2D eigenvalue weighted by molar-refractivity contribution is 1.35. The molecule has 0 aliphatic rings. The first-order chi connectivity index (χ1) is 17.3. The number of rotatable bonds is 3. The van der Waals surface area contributed by atoms with Crippen LogP contribution in [0.2, 0.25) is 0 Å². The van der Waals surface area contributed by atoms with Crippen molar-refractivity contribution in [2.45, 2.75) is 0 Å². The number of hydrogen-bond acceptors (Lipinski definition) is 4. The van der Waals surface area contributed by atoms with Crippen LogP contribution < -0.4 is 0 Å². The summed E-state index contributed by atoms with van der Waals surface area (Å²) in [4.78, 5) is 14.1. The number of benzene rings is 4. The van der Waals surface area contributed by atoms with Gasteiger partial charge in [-0.1, -0.05) is 60.7 Å². The van der Waals surface area contributed by atoms with Crippen molar-refractivity contribution in [2.24, 2.45) is 0 Å². The predicted octanol–water partition coefficient (Wildman–Crippen LogP) is 8.39. The van der Waals surface area contributed by atoms with Crippen molar-refractivity contribution in [1.29, 1.82) is 0 Å². The van der Waals surface area contributed by atoms with Crippen molar-refractivity contribution in [2.75, 3.05) is 0 Å². The number of nitrogens with zero attached hydrogens (tertiary/aromatic N) is 3. The molecule has 0 unspecified atom stereocenters. The van der Waals surface area contributed by atoms with E-state index in [1.807, 2.05) is 30.9 Å². The summed E-state index contributed by atoms with van der Waals surface area (Å²) in [5, 5.41) is 5.64. The summed E-state index contributed by atoms with van der Waals surface area (Å²) in [5.74, 6) is 0. The Morgan fingerprint density at radius 1 is 0.514 bits per heavy atom. The SMILES string of the molecule is c1ccc2c(-c3cc(-c4nc5ccccc5s4)cc(-c4cncc5ccccc45)c3)cncc2c1. The van der Waals surface area contributed by atoms with Gasteiger partial charge in [0.25, 0.3) is 0 Å². The van der Waals surface area contributed by atoms with Crippen LogP contribution in [-0.4, -0.2) is 15.0 Å². The fourth-order valence-corrected chi connectivity index (χ4v) is 5.70. The third kappa shape index (κ3) is 3.47. The van der Waals surface area contributed by atoms with E-state index in [0.717, 1.165) is 49.1 Å². The molecule has 3 nitrogen and oxygen atoms in total. The maximum Gasteiger partial charge on any atom is 0.124 e. The molecule has 0 spiro atoms. The molecule has 0 saturated heterocycles. The number of fused-ring (bicyclic) bond motifs is 3. The quantitative estimate of drug-likeness (QED) is 0.263. The minimum atomic E-state index is 1.01. The zero-order valence-corrected chi connectivity index (χ0v) is 19.5. The Balaban J connectivity index is 1.52. The lowest BCUT2D eigenvalue weighted by Crippen LogP contribution is -1.89. The van der Waals surface area contributed by atoms with Gasteiger partial charge in [0.2, 0.25) is 0 Å². The van der Waals surface area contributed by atoms with E-state index in [0.29, 0.717) is 0 Å². The van der Waals surface area contributed by atoms with Gasteiger partial charge in [0.15, 0.2) is 0 Å². The standard InChI is InChI=1S/C31H19N3S/c1-3-9-25-20(7-1)16-32-18-27(25)22-13-23(28-19-33-17-21-8-2-4-10-26(21)28)15-24(14-22)31-34-29-11-5-6-12-30(29)35-31/h1-19H. The molecule has 0 aliphatic carbocycles. The van der Waals surface area contributed by atoms with Crippen molar-refractivity contribution >= 4 is 43.1 Å². The van der Waals surface area contributed by atoms with E-state index in [-0.39, 0.29) is 0 Å². The molecule has 0 saturated carbocycles. The third-order valence-corrected chi connectivity index (χ3v) is 7.52. The van der Waals surface area contributed by atoms with Gasteiger partial charge in [0, 0.05) is 52.3 Å². The summed E-state index contributed by atoms with van der Waals surface area (Å²) in [6.45, 7) is 0. The molecule has 7 aromatic rings. The second-order valence-corrected chi connectivity index (χ2v) is 9.63. The highest BCUT2D eigenvalue weighted by Crippen LogP contribution is 2.39. The highest BCUT2D eigenvalue weighted by Gasteiger charge is 2.14. The normalized spacial score (nSPS) is 11.4. The second-order valence-electron chi connectivity index (χ2n) is 8.60. The van der Waals surface area contributed by atoms with Gasteiger partial charge < -0.3 is 0 Å². The zero-order valence-electron chi connectivity index (χ0n) is 18.7. The molecule has 3 aromatic heterocycles. The van der Waals surface area contributed by atoms with Crippen LogP contribution in [-0.2, 0) is 0 Å². The summed E-state index contributed by atoms with van der Waals surface area (Å²) >= 11 is 1.72. The number of aromatic nitrogens is 3. The number of hydrogen-bond donors (Lipinski definition) is 0. The summed E-state index contributed by atoms with van der Waals surface area (Å²) in [5.41, 5.74) is 6.58. The Morgan fingerprint density at radius 2 is 1.06 bits per heavy atom. The van der Waals surface area contributed by atoms with Crippen LogP contribution in [0.25, 0.3) is 64.6 Å². The summed E-state index contributed by atoms with van der Waals surface area (Å²) in [6.07, 6.45) is 7.77. The summed E-state index contributed by atoms with van der Waals surface area (Å²) in [6, 6.07) is 31.9. The van der Waals surface area contributed by atoms with Crippen LogP contribution in [0.1, 0.15) is 0 Å². The maximum absolute atomic E-state index is 4.96.